The number of carbonyl (C=O) groups excluding carboxylic acids is 3. The van der Waals surface area contributed by atoms with E-state index in [1.807, 2.05) is 0 Å². The minimum atomic E-state index is -1.93. The Balaban J connectivity index is 3.15. The topological polar surface area (TPSA) is 145 Å². The number of methoxy groups -OCH3 is 2. The Bertz CT molecular complexity index is 638. The molecule has 9 nitrogen and oxygen atoms in total. The quantitative estimate of drug-likeness (QED) is 0.319. The van der Waals surface area contributed by atoms with Gasteiger partial charge in [0.05, 0.1) is 20.2 Å². The summed E-state index contributed by atoms with van der Waals surface area (Å²) in [4.78, 5) is 32.6. The van der Waals surface area contributed by atoms with Crippen molar-refractivity contribution in [2.24, 2.45) is 0 Å². The van der Waals surface area contributed by atoms with Crippen LogP contribution in [0, 0.1) is 0 Å². The van der Waals surface area contributed by atoms with Gasteiger partial charge in [-0.15, -0.1) is 0 Å². The van der Waals surface area contributed by atoms with Crippen LogP contribution in [0.4, 0.5) is 0 Å². The van der Waals surface area contributed by atoms with Gasteiger partial charge < -0.3 is 39.1 Å². The van der Waals surface area contributed by atoms with Gasteiger partial charge in [0.2, 0.25) is 5.75 Å². The molecule has 130 valence electrons. The molecule has 0 heterocycles. The lowest BCUT2D eigenvalue weighted by Crippen LogP contribution is -2.34. The summed E-state index contributed by atoms with van der Waals surface area (Å²) in [7, 11) is 2.52. The van der Waals surface area contributed by atoms with Gasteiger partial charge in [-0.05, 0) is 23.8 Å². The number of hydrogen-bond donors (Lipinski definition) is 1. The number of esters is 1. The van der Waals surface area contributed by atoms with Crippen molar-refractivity contribution in [3.05, 3.63) is 23.8 Å². The maximum Gasteiger partial charge on any atom is 0.341 e. The SMILES string of the molecule is COc1cc(/C=C/C(=O)[O-])cc(OC)c1OC(=O)[C@@H](O)CC(=O)[O-]. The van der Waals surface area contributed by atoms with Crippen LogP contribution in [-0.2, 0) is 14.4 Å². The van der Waals surface area contributed by atoms with Gasteiger partial charge in [-0.3, -0.25) is 0 Å². The number of carboxylic acids is 2. The predicted molar refractivity (Wildman–Crippen MR) is 74.9 cm³/mol. The van der Waals surface area contributed by atoms with Gasteiger partial charge in [0.25, 0.3) is 0 Å². The molecule has 0 aromatic heterocycles. The first-order chi connectivity index (χ1) is 11.3. The van der Waals surface area contributed by atoms with E-state index in [0.717, 1.165) is 6.08 Å². The molecule has 24 heavy (non-hydrogen) atoms. The molecule has 0 radical (unpaired) electrons. The smallest absolute Gasteiger partial charge is 0.341 e. The van der Waals surface area contributed by atoms with E-state index in [0.29, 0.717) is 5.56 Å². The number of aliphatic carboxylic acids is 2. The molecule has 0 spiro atoms. The number of aliphatic hydroxyl groups excluding tert-OH is 1. The number of carboxylic acid groups (broad SMARTS) is 2. The number of hydrogen-bond acceptors (Lipinski definition) is 9. The lowest BCUT2D eigenvalue weighted by molar-refractivity contribution is -0.307. The summed E-state index contributed by atoms with van der Waals surface area (Å²) in [6.45, 7) is 0. The van der Waals surface area contributed by atoms with Crippen LogP contribution in [0.3, 0.4) is 0 Å². The number of rotatable bonds is 8. The highest BCUT2D eigenvalue weighted by molar-refractivity contribution is 5.85. The van der Waals surface area contributed by atoms with Gasteiger partial charge in [0, 0.05) is 12.4 Å². The van der Waals surface area contributed by atoms with Crippen LogP contribution < -0.4 is 24.4 Å². The van der Waals surface area contributed by atoms with Crippen LogP contribution in [0.15, 0.2) is 18.2 Å². The monoisotopic (exact) mass is 338 g/mol. The third kappa shape index (κ3) is 5.29. The Morgan fingerprint density at radius 2 is 1.71 bits per heavy atom. The second kappa shape index (κ2) is 8.53. The fourth-order valence-corrected chi connectivity index (χ4v) is 1.67. The zero-order valence-electron chi connectivity index (χ0n) is 12.8. The fourth-order valence-electron chi connectivity index (χ4n) is 1.67. The van der Waals surface area contributed by atoms with Crippen LogP contribution in [-0.4, -0.2) is 43.3 Å². The highest BCUT2D eigenvalue weighted by Gasteiger charge is 2.22. The van der Waals surface area contributed by atoms with Crippen LogP contribution in [0.2, 0.25) is 0 Å². The number of aliphatic hydroxyl groups is 1. The molecule has 1 atom stereocenters. The van der Waals surface area contributed by atoms with E-state index >= 15 is 0 Å². The molecule has 0 aliphatic heterocycles. The maximum absolute atomic E-state index is 11.7. The van der Waals surface area contributed by atoms with Crippen LogP contribution >= 0.6 is 0 Å². The molecule has 9 heteroatoms. The minimum Gasteiger partial charge on any atom is -0.550 e. The van der Waals surface area contributed by atoms with Crippen LogP contribution in [0.25, 0.3) is 6.08 Å². The molecule has 0 aliphatic rings. The molecule has 0 saturated carbocycles. The van der Waals surface area contributed by atoms with Gasteiger partial charge >= 0.3 is 5.97 Å². The van der Waals surface area contributed by atoms with Crippen molar-refractivity contribution in [1.29, 1.82) is 0 Å². The predicted octanol–water partition coefficient (Wildman–Crippen LogP) is -2.13. The van der Waals surface area contributed by atoms with E-state index in [1.165, 1.54) is 32.4 Å². The molecular weight excluding hydrogens is 324 g/mol. The summed E-state index contributed by atoms with van der Waals surface area (Å²) in [5, 5.41) is 30.3. The molecule has 1 rings (SSSR count). The Labute approximate surface area is 136 Å². The summed E-state index contributed by atoms with van der Waals surface area (Å²) in [5.74, 6) is -4.47. The molecule has 0 fully saturated rings. The van der Waals surface area contributed by atoms with Crippen molar-refractivity contribution < 1.29 is 43.9 Å². The highest BCUT2D eigenvalue weighted by Crippen LogP contribution is 2.39. The molecule has 0 bridgehead atoms. The minimum absolute atomic E-state index is 0.00125. The summed E-state index contributed by atoms with van der Waals surface area (Å²) in [6.07, 6.45) is -0.877. The molecule has 0 aliphatic carbocycles. The van der Waals surface area contributed by atoms with Crippen molar-refractivity contribution in [1.82, 2.24) is 0 Å². The second-order valence-corrected chi connectivity index (χ2v) is 4.42. The number of benzene rings is 1. The molecule has 0 unspecified atom stereocenters. The Hall–Kier alpha value is -3.07. The first-order valence-corrected chi connectivity index (χ1v) is 6.53. The van der Waals surface area contributed by atoms with E-state index in [-0.39, 0.29) is 17.2 Å². The van der Waals surface area contributed by atoms with Crippen molar-refractivity contribution >= 4 is 24.0 Å². The maximum atomic E-state index is 11.7. The first kappa shape index (κ1) is 19.0. The third-order valence-electron chi connectivity index (χ3n) is 2.73. The van der Waals surface area contributed by atoms with Gasteiger partial charge in [0.15, 0.2) is 17.6 Å². The lowest BCUT2D eigenvalue weighted by atomic mass is 10.1. The van der Waals surface area contributed by atoms with Crippen molar-refractivity contribution in [2.45, 2.75) is 12.5 Å². The van der Waals surface area contributed by atoms with E-state index in [1.54, 1.807) is 0 Å². The van der Waals surface area contributed by atoms with Gasteiger partial charge in [-0.2, -0.15) is 0 Å². The van der Waals surface area contributed by atoms with E-state index in [4.69, 9.17) is 14.2 Å². The van der Waals surface area contributed by atoms with E-state index in [9.17, 15) is 29.7 Å². The molecule has 1 aromatic rings. The Morgan fingerprint density at radius 3 is 2.12 bits per heavy atom. The molecular formula is C15H14O9-2. The number of ether oxygens (including phenoxy) is 3. The second-order valence-electron chi connectivity index (χ2n) is 4.42. The Morgan fingerprint density at radius 1 is 1.17 bits per heavy atom. The highest BCUT2D eigenvalue weighted by atomic mass is 16.6. The molecule has 1 N–H and O–H groups in total. The zero-order chi connectivity index (χ0) is 18.3. The molecule has 1 aromatic carbocycles. The van der Waals surface area contributed by atoms with Crippen molar-refractivity contribution in [2.75, 3.05) is 14.2 Å². The van der Waals surface area contributed by atoms with Crippen LogP contribution in [0.5, 0.6) is 17.2 Å². The average molecular weight is 338 g/mol. The van der Waals surface area contributed by atoms with Gasteiger partial charge in [-0.1, -0.05) is 6.08 Å². The third-order valence-corrected chi connectivity index (χ3v) is 2.73. The van der Waals surface area contributed by atoms with E-state index < -0.39 is 30.4 Å². The summed E-state index contributed by atoms with van der Waals surface area (Å²) >= 11 is 0. The van der Waals surface area contributed by atoms with E-state index in [2.05, 4.69) is 0 Å². The van der Waals surface area contributed by atoms with Gasteiger partial charge in [-0.25, -0.2) is 4.79 Å². The Kier molecular flexibility index (Phi) is 6.75. The summed E-state index contributed by atoms with van der Waals surface area (Å²) in [6, 6.07) is 2.69. The average Bonchev–Trinajstić information content (AvgIpc) is 2.52. The standard InChI is InChI=1S/C15H16O9/c1-22-10-5-8(3-4-12(17)18)6-11(23-2)14(10)24-15(21)9(16)7-13(19)20/h3-6,9,16H,7H2,1-2H3,(H,17,18)(H,19,20)/p-2/b4-3+/t9-/m0/s1. The summed E-state index contributed by atoms with van der Waals surface area (Å²) in [5.41, 5.74) is 0.350. The number of carbonyl (C=O) groups is 3. The normalized spacial score (nSPS) is 11.8. The zero-order valence-corrected chi connectivity index (χ0v) is 12.8. The molecule has 0 amide bonds. The van der Waals surface area contributed by atoms with Gasteiger partial charge in [0.1, 0.15) is 0 Å². The van der Waals surface area contributed by atoms with Crippen molar-refractivity contribution in [3.63, 3.8) is 0 Å². The fraction of sp³-hybridized carbons (Fsp3) is 0.267. The summed E-state index contributed by atoms with van der Waals surface area (Å²) < 4.78 is 15.0. The largest absolute Gasteiger partial charge is 0.550 e. The lowest BCUT2D eigenvalue weighted by Gasteiger charge is -2.16. The molecule has 0 saturated heterocycles. The first-order valence-electron chi connectivity index (χ1n) is 6.53. The van der Waals surface area contributed by atoms with Crippen LogP contribution in [0.1, 0.15) is 12.0 Å². The van der Waals surface area contributed by atoms with Crippen molar-refractivity contribution in [3.8, 4) is 17.2 Å².